The van der Waals surface area contributed by atoms with Gasteiger partial charge < -0.3 is 10.0 Å². The first-order chi connectivity index (χ1) is 5.83. The fourth-order valence-corrected chi connectivity index (χ4v) is 2.43. The summed E-state index contributed by atoms with van der Waals surface area (Å²) in [4.78, 5) is 13.6. The number of fused-ring (bicyclic) bond motifs is 1. The van der Waals surface area contributed by atoms with Gasteiger partial charge in [0.25, 0.3) is 0 Å². The minimum absolute atomic E-state index is 0.125. The Kier molecular flexibility index (Phi) is 2.05. The van der Waals surface area contributed by atoms with E-state index in [1.807, 2.05) is 4.90 Å². The molecule has 1 amide bonds. The van der Waals surface area contributed by atoms with Crippen molar-refractivity contribution in [3.05, 3.63) is 0 Å². The maximum absolute atomic E-state index is 11.6. The van der Waals surface area contributed by atoms with E-state index in [2.05, 4.69) is 0 Å². The number of carbonyl (C=O) groups is 1. The molecular formula is C9H15NO2. The topological polar surface area (TPSA) is 40.5 Å². The van der Waals surface area contributed by atoms with Crippen LogP contribution in [0.2, 0.25) is 0 Å². The van der Waals surface area contributed by atoms with Crippen LogP contribution in [-0.2, 0) is 4.79 Å². The zero-order valence-corrected chi connectivity index (χ0v) is 7.20. The van der Waals surface area contributed by atoms with E-state index in [0.717, 1.165) is 13.0 Å². The fourth-order valence-electron chi connectivity index (χ4n) is 2.43. The molecule has 68 valence electrons. The first-order valence-corrected chi connectivity index (χ1v) is 4.74. The molecular weight excluding hydrogens is 154 g/mol. The third kappa shape index (κ3) is 1.12. The Hall–Kier alpha value is -0.570. The molecule has 3 heteroatoms. The summed E-state index contributed by atoms with van der Waals surface area (Å²) in [5.41, 5.74) is 0. The summed E-state index contributed by atoms with van der Waals surface area (Å²) in [5, 5.41) is 8.74. The highest BCUT2D eigenvalue weighted by atomic mass is 16.3. The Bertz CT molecular complexity index is 193. The van der Waals surface area contributed by atoms with Crippen LogP contribution in [0.25, 0.3) is 0 Å². The van der Waals surface area contributed by atoms with E-state index in [9.17, 15) is 4.79 Å². The largest absolute Gasteiger partial charge is 0.396 e. The van der Waals surface area contributed by atoms with Gasteiger partial charge in [0, 0.05) is 25.1 Å². The highest BCUT2D eigenvalue weighted by Gasteiger charge is 2.40. The Balaban J connectivity index is 2.01. The third-order valence-corrected chi connectivity index (χ3v) is 3.04. The van der Waals surface area contributed by atoms with E-state index in [4.69, 9.17) is 5.11 Å². The Labute approximate surface area is 72.4 Å². The molecule has 2 atom stereocenters. The van der Waals surface area contributed by atoms with Crippen molar-refractivity contribution >= 4 is 5.91 Å². The summed E-state index contributed by atoms with van der Waals surface area (Å²) in [7, 11) is 0. The quantitative estimate of drug-likeness (QED) is 0.649. The number of rotatable bonds is 2. The molecule has 0 aromatic heterocycles. The molecule has 0 radical (unpaired) electrons. The molecule has 0 aromatic rings. The Morgan fingerprint density at radius 3 is 3.08 bits per heavy atom. The summed E-state index contributed by atoms with van der Waals surface area (Å²) < 4.78 is 0. The maximum Gasteiger partial charge on any atom is 0.226 e. The number of nitrogens with zero attached hydrogens (tertiary/aromatic N) is 1. The van der Waals surface area contributed by atoms with Crippen LogP contribution in [0.3, 0.4) is 0 Å². The molecule has 2 fully saturated rings. The summed E-state index contributed by atoms with van der Waals surface area (Å²) >= 11 is 0. The van der Waals surface area contributed by atoms with Crippen LogP contribution in [0.5, 0.6) is 0 Å². The minimum Gasteiger partial charge on any atom is -0.396 e. The van der Waals surface area contributed by atoms with Crippen molar-refractivity contribution in [3.8, 4) is 0 Å². The summed E-state index contributed by atoms with van der Waals surface area (Å²) in [5.74, 6) is 0.409. The van der Waals surface area contributed by atoms with Gasteiger partial charge in [-0.25, -0.2) is 0 Å². The lowest BCUT2D eigenvalue weighted by molar-refractivity contribution is -0.131. The summed E-state index contributed by atoms with van der Waals surface area (Å²) in [6, 6.07) is 0.508. The molecule has 0 bridgehead atoms. The van der Waals surface area contributed by atoms with E-state index < -0.39 is 0 Å². The molecule has 2 aliphatic rings. The van der Waals surface area contributed by atoms with Gasteiger partial charge in [-0.3, -0.25) is 4.79 Å². The molecule has 12 heavy (non-hydrogen) atoms. The fraction of sp³-hybridized carbons (Fsp3) is 0.889. The van der Waals surface area contributed by atoms with Gasteiger partial charge in [-0.1, -0.05) is 0 Å². The van der Waals surface area contributed by atoms with Crippen molar-refractivity contribution in [2.24, 2.45) is 5.92 Å². The van der Waals surface area contributed by atoms with Crippen LogP contribution >= 0.6 is 0 Å². The number of hydrogen-bond donors (Lipinski definition) is 1. The number of aliphatic hydroxyl groups is 1. The Morgan fingerprint density at radius 1 is 1.58 bits per heavy atom. The van der Waals surface area contributed by atoms with Gasteiger partial charge in [-0.2, -0.15) is 0 Å². The predicted molar refractivity (Wildman–Crippen MR) is 44.5 cm³/mol. The van der Waals surface area contributed by atoms with E-state index in [0.29, 0.717) is 12.5 Å². The maximum atomic E-state index is 11.6. The van der Waals surface area contributed by atoms with Crippen molar-refractivity contribution in [2.45, 2.75) is 31.7 Å². The third-order valence-electron chi connectivity index (χ3n) is 3.04. The van der Waals surface area contributed by atoms with E-state index in [1.165, 1.54) is 12.8 Å². The van der Waals surface area contributed by atoms with Crippen LogP contribution in [0.15, 0.2) is 0 Å². The minimum atomic E-state index is 0.125. The van der Waals surface area contributed by atoms with Crippen LogP contribution in [0.1, 0.15) is 25.7 Å². The molecule has 2 rings (SSSR count). The second-order valence-electron chi connectivity index (χ2n) is 3.77. The van der Waals surface area contributed by atoms with Crippen LogP contribution in [0, 0.1) is 5.92 Å². The van der Waals surface area contributed by atoms with Gasteiger partial charge >= 0.3 is 0 Å². The number of aliphatic hydroxyl groups excluding tert-OH is 1. The van der Waals surface area contributed by atoms with Gasteiger partial charge in [0.15, 0.2) is 0 Å². The highest BCUT2D eigenvalue weighted by molar-refractivity contribution is 5.81. The van der Waals surface area contributed by atoms with E-state index in [1.54, 1.807) is 0 Å². The van der Waals surface area contributed by atoms with Crippen LogP contribution < -0.4 is 0 Å². The van der Waals surface area contributed by atoms with Gasteiger partial charge in [0.2, 0.25) is 5.91 Å². The first kappa shape index (κ1) is 8.05. The van der Waals surface area contributed by atoms with Gasteiger partial charge in [0.1, 0.15) is 0 Å². The molecule has 3 nitrogen and oxygen atoms in total. The molecule has 1 N–H and O–H groups in total. The molecule has 2 saturated heterocycles. The molecule has 0 aromatic carbocycles. The highest BCUT2D eigenvalue weighted by Crippen LogP contribution is 2.33. The number of amides is 1. The summed E-state index contributed by atoms with van der Waals surface area (Å²) in [6.45, 7) is 1.10. The van der Waals surface area contributed by atoms with E-state index in [-0.39, 0.29) is 18.4 Å². The van der Waals surface area contributed by atoms with Crippen molar-refractivity contribution in [1.82, 2.24) is 4.90 Å². The lowest BCUT2D eigenvalue weighted by Crippen LogP contribution is -2.28. The molecule has 0 aliphatic carbocycles. The normalized spacial score (nSPS) is 34.4. The zero-order valence-electron chi connectivity index (χ0n) is 7.20. The second-order valence-corrected chi connectivity index (χ2v) is 3.77. The monoisotopic (exact) mass is 169 g/mol. The molecule has 0 spiro atoms. The average Bonchev–Trinajstić information content (AvgIpc) is 2.58. The van der Waals surface area contributed by atoms with Crippen molar-refractivity contribution in [2.75, 3.05) is 13.2 Å². The lowest BCUT2D eigenvalue weighted by atomic mass is 10.00. The molecule has 2 heterocycles. The lowest BCUT2D eigenvalue weighted by Gasteiger charge is -2.14. The van der Waals surface area contributed by atoms with Crippen molar-refractivity contribution in [1.29, 1.82) is 0 Å². The number of hydrogen-bond acceptors (Lipinski definition) is 2. The summed E-state index contributed by atoms with van der Waals surface area (Å²) in [6.07, 6.45) is 3.99. The Morgan fingerprint density at radius 2 is 2.42 bits per heavy atom. The molecule has 0 saturated carbocycles. The standard InChI is InChI=1S/C9H15NO2/c11-5-3-7-6-8-2-1-4-10(8)9(7)12/h7-8,11H,1-6H2. The smallest absolute Gasteiger partial charge is 0.226 e. The SMILES string of the molecule is O=C1C(CCO)CC2CCCN12. The molecule has 2 unspecified atom stereocenters. The second kappa shape index (κ2) is 3.05. The molecule has 2 aliphatic heterocycles. The van der Waals surface area contributed by atoms with Gasteiger partial charge in [-0.05, 0) is 25.7 Å². The van der Waals surface area contributed by atoms with Gasteiger partial charge in [-0.15, -0.1) is 0 Å². The van der Waals surface area contributed by atoms with Crippen molar-refractivity contribution in [3.63, 3.8) is 0 Å². The van der Waals surface area contributed by atoms with E-state index >= 15 is 0 Å². The predicted octanol–water partition coefficient (Wildman–Crippen LogP) is 0.380. The van der Waals surface area contributed by atoms with Crippen LogP contribution in [-0.4, -0.2) is 35.1 Å². The first-order valence-electron chi connectivity index (χ1n) is 4.74. The number of carbonyl (C=O) groups excluding carboxylic acids is 1. The van der Waals surface area contributed by atoms with Crippen molar-refractivity contribution < 1.29 is 9.90 Å². The van der Waals surface area contributed by atoms with Gasteiger partial charge in [0.05, 0.1) is 0 Å². The van der Waals surface area contributed by atoms with Crippen LogP contribution in [0.4, 0.5) is 0 Å². The average molecular weight is 169 g/mol. The zero-order chi connectivity index (χ0) is 8.55.